The topological polar surface area (TPSA) is 104 Å². The molecule has 1 N–H and O–H groups in total. The maximum absolute atomic E-state index is 12.4. The highest BCUT2D eigenvalue weighted by molar-refractivity contribution is 6.05. The van der Waals surface area contributed by atoms with Crippen LogP contribution in [0.1, 0.15) is 10.6 Å². The molecule has 0 radical (unpaired) electrons. The number of hydrogen-bond donors (Lipinski definition) is 1. The van der Waals surface area contributed by atoms with Crippen molar-refractivity contribution in [3.8, 4) is 11.5 Å². The van der Waals surface area contributed by atoms with Gasteiger partial charge < -0.3 is 19.2 Å². The van der Waals surface area contributed by atoms with E-state index in [-0.39, 0.29) is 28.6 Å². The summed E-state index contributed by atoms with van der Waals surface area (Å²) in [6.45, 7) is 0. The van der Waals surface area contributed by atoms with Crippen molar-refractivity contribution in [3.05, 3.63) is 58.3 Å². The summed E-state index contributed by atoms with van der Waals surface area (Å²) in [6, 6.07) is 11.2. The van der Waals surface area contributed by atoms with Gasteiger partial charge in [-0.2, -0.15) is 0 Å². The molecule has 3 aromatic rings. The van der Waals surface area contributed by atoms with E-state index in [9.17, 15) is 14.9 Å². The monoisotopic (exact) mass is 342 g/mol. The number of rotatable bonds is 5. The first-order valence-corrected chi connectivity index (χ1v) is 7.24. The molecule has 0 unspecified atom stereocenters. The standard InChI is InChI=1S/C17H14N2O6/c1-23-14-8-11(12(19(21)22)9-15(14)24-2)18-17(20)16-7-10-5-3-4-6-13(10)25-16/h3-9H,1-2H3,(H,18,20). The number of fused-ring (bicyclic) bond motifs is 1. The Balaban J connectivity index is 1.98. The summed E-state index contributed by atoms with van der Waals surface area (Å²) in [7, 11) is 2.77. The Morgan fingerprint density at radius 1 is 1.12 bits per heavy atom. The lowest BCUT2D eigenvalue weighted by Crippen LogP contribution is -2.12. The van der Waals surface area contributed by atoms with Crippen LogP contribution in [-0.4, -0.2) is 25.1 Å². The lowest BCUT2D eigenvalue weighted by Gasteiger charge is -2.10. The van der Waals surface area contributed by atoms with Gasteiger partial charge in [0.15, 0.2) is 17.3 Å². The first kappa shape index (κ1) is 16.3. The van der Waals surface area contributed by atoms with E-state index in [0.717, 1.165) is 5.39 Å². The molecule has 128 valence electrons. The molecule has 0 saturated heterocycles. The number of carbonyl (C=O) groups is 1. The zero-order chi connectivity index (χ0) is 18.0. The average molecular weight is 342 g/mol. The SMILES string of the molecule is COc1cc(NC(=O)c2cc3ccccc3o2)c([N+](=O)[O-])cc1OC. The van der Waals surface area contributed by atoms with Gasteiger partial charge in [-0.05, 0) is 12.1 Å². The maximum atomic E-state index is 12.4. The van der Waals surface area contributed by atoms with Gasteiger partial charge in [0.05, 0.1) is 25.2 Å². The Morgan fingerprint density at radius 3 is 2.44 bits per heavy atom. The van der Waals surface area contributed by atoms with Gasteiger partial charge in [-0.25, -0.2) is 0 Å². The number of hydrogen-bond acceptors (Lipinski definition) is 6. The van der Waals surface area contributed by atoms with E-state index in [2.05, 4.69) is 5.32 Å². The van der Waals surface area contributed by atoms with Crippen LogP contribution in [0.25, 0.3) is 11.0 Å². The van der Waals surface area contributed by atoms with E-state index in [0.29, 0.717) is 5.58 Å². The van der Waals surface area contributed by atoms with Crippen LogP contribution in [0.5, 0.6) is 11.5 Å². The Bertz CT molecular complexity index is 930. The second kappa shape index (κ2) is 6.52. The van der Waals surface area contributed by atoms with Gasteiger partial charge in [-0.15, -0.1) is 0 Å². The van der Waals surface area contributed by atoms with Gasteiger partial charge in [0.2, 0.25) is 0 Å². The number of ether oxygens (including phenoxy) is 2. The van der Waals surface area contributed by atoms with Crippen molar-refractivity contribution in [2.75, 3.05) is 19.5 Å². The molecular weight excluding hydrogens is 328 g/mol. The molecule has 0 saturated carbocycles. The molecule has 8 heteroatoms. The quantitative estimate of drug-likeness (QED) is 0.561. The van der Waals surface area contributed by atoms with Crippen molar-refractivity contribution < 1.29 is 23.6 Å². The van der Waals surface area contributed by atoms with Crippen molar-refractivity contribution >= 4 is 28.3 Å². The number of nitrogens with zero attached hydrogens (tertiary/aromatic N) is 1. The molecule has 8 nitrogen and oxygen atoms in total. The summed E-state index contributed by atoms with van der Waals surface area (Å²) in [4.78, 5) is 23.1. The van der Waals surface area contributed by atoms with Gasteiger partial charge in [0.25, 0.3) is 11.6 Å². The lowest BCUT2D eigenvalue weighted by atomic mass is 10.2. The summed E-state index contributed by atoms with van der Waals surface area (Å²) in [5.74, 6) is -0.110. The van der Waals surface area contributed by atoms with Crippen molar-refractivity contribution in [1.82, 2.24) is 0 Å². The van der Waals surface area contributed by atoms with Crippen LogP contribution in [0.3, 0.4) is 0 Å². The largest absolute Gasteiger partial charge is 0.493 e. The molecule has 0 aliphatic heterocycles. The number of nitrogens with one attached hydrogen (secondary N) is 1. The molecule has 3 rings (SSSR count). The highest BCUT2D eigenvalue weighted by Gasteiger charge is 2.22. The predicted octanol–water partition coefficient (Wildman–Crippen LogP) is 3.61. The fraction of sp³-hybridized carbons (Fsp3) is 0.118. The number of benzene rings is 2. The highest BCUT2D eigenvalue weighted by atomic mass is 16.6. The third-order valence-electron chi connectivity index (χ3n) is 3.60. The smallest absolute Gasteiger partial charge is 0.296 e. The molecule has 1 amide bonds. The summed E-state index contributed by atoms with van der Waals surface area (Å²) < 4.78 is 15.6. The normalized spacial score (nSPS) is 10.5. The van der Waals surface area contributed by atoms with E-state index in [1.54, 1.807) is 24.3 Å². The van der Waals surface area contributed by atoms with Crippen molar-refractivity contribution in [2.24, 2.45) is 0 Å². The Hall–Kier alpha value is -3.55. The van der Waals surface area contributed by atoms with Crippen LogP contribution < -0.4 is 14.8 Å². The molecule has 0 fully saturated rings. The number of carbonyl (C=O) groups excluding carboxylic acids is 1. The zero-order valence-electron chi connectivity index (χ0n) is 13.4. The summed E-state index contributed by atoms with van der Waals surface area (Å²) in [5, 5.41) is 14.5. The van der Waals surface area contributed by atoms with E-state index >= 15 is 0 Å². The minimum Gasteiger partial charge on any atom is -0.493 e. The second-order valence-corrected chi connectivity index (χ2v) is 5.08. The van der Waals surface area contributed by atoms with Gasteiger partial charge in [-0.1, -0.05) is 18.2 Å². The third kappa shape index (κ3) is 3.09. The predicted molar refractivity (Wildman–Crippen MR) is 90.4 cm³/mol. The summed E-state index contributed by atoms with van der Waals surface area (Å²) in [5.41, 5.74) is 0.213. The molecule has 0 aliphatic rings. The number of para-hydroxylation sites is 1. The molecule has 0 atom stereocenters. The van der Waals surface area contributed by atoms with E-state index in [1.807, 2.05) is 6.07 Å². The fourth-order valence-electron chi connectivity index (χ4n) is 2.40. The number of anilines is 1. The molecule has 1 heterocycles. The molecule has 0 aliphatic carbocycles. The Morgan fingerprint density at radius 2 is 1.80 bits per heavy atom. The van der Waals surface area contributed by atoms with Gasteiger partial charge >= 0.3 is 0 Å². The number of methoxy groups -OCH3 is 2. The Kier molecular flexibility index (Phi) is 4.25. The molecular formula is C17H14N2O6. The maximum Gasteiger partial charge on any atom is 0.296 e. The van der Waals surface area contributed by atoms with Crippen LogP contribution in [0.2, 0.25) is 0 Å². The van der Waals surface area contributed by atoms with E-state index < -0.39 is 10.8 Å². The third-order valence-corrected chi connectivity index (χ3v) is 3.60. The minimum absolute atomic E-state index is 0.0203. The zero-order valence-corrected chi connectivity index (χ0v) is 13.4. The fourth-order valence-corrected chi connectivity index (χ4v) is 2.40. The summed E-state index contributed by atoms with van der Waals surface area (Å²) >= 11 is 0. The van der Waals surface area contributed by atoms with Gasteiger partial charge in [0.1, 0.15) is 11.3 Å². The number of furan rings is 1. The van der Waals surface area contributed by atoms with Crippen LogP contribution in [-0.2, 0) is 0 Å². The van der Waals surface area contributed by atoms with Crippen LogP contribution >= 0.6 is 0 Å². The number of nitro benzene ring substituents is 1. The van der Waals surface area contributed by atoms with Crippen LogP contribution in [0, 0.1) is 10.1 Å². The average Bonchev–Trinajstić information content (AvgIpc) is 3.05. The van der Waals surface area contributed by atoms with Gasteiger partial charge in [-0.3, -0.25) is 14.9 Å². The number of amides is 1. The van der Waals surface area contributed by atoms with Gasteiger partial charge in [0, 0.05) is 11.5 Å². The van der Waals surface area contributed by atoms with Crippen molar-refractivity contribution in [1.29, 1.82) is 0 Å². The number of nitro groups is 1. The molecule has 1 aromatic heterocycles. The van der Waals surface area contributed by atoms with Crippen molar-refractivity contribution in [3.63, 3.8) is 0 Å². The molecule has 2 aromatic carbocycles. The Labute approximate surface area is 142 Å². The van der Waals surface area contributed by atoms with Crippen LogP contribution in [0.15, 0.2) is 46.9 Å². The first-order valence-electron chi connectivity index (χ1n) is 7.24. The van der Waals surface area contributed by atoms with E-state index in [1.165, 1.54) is 26.4 Å². The lowest BCUT2D eigenvalue weighted by molar-refractivity contribution is -0.384. The summed E-state index contributed by atoms with van der Waals surface area (Å²) in [6.07, 6.45) is 0. The first-order chi connectivity index (χ1) is 12.0. The molecule has 0 bridgehead atoms. The molecule has 25 heavy (non-hydrogen) atoms. The van der Waals surface area contributed by atoms with E-state index in [4.69, 9.17) is 13.9 Å². The second-order valence-electron chi connectivity index (χ2n) is 5.08. The van der Waals surface area contributed by atoms with Crippen molar-refractivity contribution in [2.45, 2.75) is 0 Å². The molecule has 0 spiro atoms. The van der Waals surface area contributed by atoms with Crippen LogP contribution in [0.4, 0.5) is 11.4 Å². The minimum atomic E-state index is -0.615. The highest BCUT2D eigenvalue weighted by Crippen LogP contribution is 2.37.